The molecule has 2 aromatic carbocycles. The molecule has 0 atom stereocenters. The van der Waals surface area contributed by atoms with E-state index in [9.17, 15) is 14.4 Å². The molecule has 1 aliphatic rings. The summed E-state index contributed by atoms with van der Waals surface area (Å²) in [7, 11) is 1.53. The largest absolute Gasteiger partial charge is 0.497 e. The molecule has 27 heavy (non-hydrogen) atoms. The number of ether oxygens (including phenoxy) is 1. The lowest BCUT2D eigenvalue weighted by molar-refractivity contribution is -0.112. The summed E-state index contributed by atoms with van der Waals surface area (Å²) in [6.07, 6.45) is 3.50. The molecule has 1 amide bonds. The van der Waals surface area contributed by atoms with Crippen LogP contribution in [0.25, 0.3) is 6.08 Å². The van der Waals surface area contributed by atoms with E-state index in [1.165, 1.54) is 19.3 Å². The Morgan fingerprint density at radius 3 is 2.70 bits per heavy atom. The number of hydrogen-bond donors (Lipinski definition) is 1. The Morgan fingerprint density at radius 2 is 2.04 bits per heavy atom. The number of hydrogen-bond acceptors (Lipinski definition) is 4. The van der Waals surface area contributed by atoms with Gasteiger partial charge in [0.15, 0.2) is 0 Å². The van der Waals surface area contributed by atoms with Crippen LogP contribution in [0.2, 0.25) is 0 Å². The zero-order valence-corrected chi connectivity index (χ0v) is 15.0. The molecule has 0 aliphatic carbocycles. The Kier molecular flexibility index (Phi) is 5.72. The second-order valence-electron chi connectivity index (χ2n) is 6.26. The SMILES string of the molecule is COc1cccc(NC(=O)/C(C#N)=C\c2ccc(N3CCCC3)c(F)c2)c1. The highest BCUT2D eigenvalue weighted by atomic mass is 19.1. The highest BCUT2D eigenvalue weighted by molar-refractivity contribution is 6.09. The molecule has 2 aromatic rings. The van der Waals surface area contributed by atoms with Crippen LogP contribution in [-0.2, 0) is 4.79 Å². The molecule has 0 radical (unpaired) electrons. The van der Waals surface area contributed by atoms with Gasteiger partial charge in [0.05, 0.1) is 12.8 Å². The van der Waals surface area contributed by atoms with Crippen molar-refractivity contribution in [3.63, 3.8) is 0 Å². The van der Waals surface area contributed by atoms with Crippen LogP contribution < -0.4 is 15.0 Å². The van der Waals surface area contributed by atoms with Gasteiger partial charge in [-0.1, -0.05) is 12.1 Å². The van der Waals surface area contributed by atoms with Crippen molar-refractivity contribution in [2.45, 2.75) is 12.8 Å². The molecule has 0 bridgehead atoms. The van der Waals surface area contributed by atoms with Crippen LogP contribution in [0.3, 0.4) is 0 Å². The van der Waals surface area contributed by atoms with Gasteiger partial charge in [-0.2, -0.15) is 5.26 Å². The Hall–Kier alpha value is -3.33. The Balaban J connectivity index is 1.78. The lowest BCUT2D eigenvalue weighted by Crippen LogP contribution is -2.18. The number of benzene rings is 2. The van der Waals surface area contributed by atoms with Crippen molar-refractivity contribution in [2.24, 2.45) is 0 Å². The van der Waals surface area contributed by atoms with E-state index in [-0.39, 0.29) is 11.4 Å². The fourth-order valence-electron chi connectivity index (χ4n) is 3.04. The van der Waals surface area contributed by atoms with Crippen LogP contribution in [-0.4, -0.2) is 26.1 Å². The Morgan fingerprint density at radius 1 is 1.26 bits per heavy atom. The maximum atomic E-state index is 14.4. The third-order valence-corrected chi connectivity index (χ3v) is 4.42. The summed E-state index contributed by atoms with van der Waals surface area (Å²) >= 11 is 0. The van der Waals surface area contributed by atoms with Gasteiger partial charge < -0.3 is 15.0 Å². The molecule has 0 saturated carbocycles. The molecule has 5 nitrogen and oxygen atoms in total. The van der Waals surface area contributed by atoms with Gasteiger partial charge in [0.1, 0.15) is 23.2 Å². The van der Waals surface area contributed by atoms with Crippen LogP contribution in [0.15, 0.2) is 48.0 Å². The second kappa shape index (κ2) is 8.37. The number of nitrogens with zero attached hydrogens (tertiary/aromatic N) is 2. The van der Waals surface area contributed by atoms with E-state index < -0.39 is 5.91 Å². The van der Waals surface area contributed by atoms with Gasteiger partial charge >= 0.3 is 0 Å². The van der Waals surface area contributed by atoms with Crippen molar-refractivity contribution in [1.29, 1.82) is 5.26 Å². The molecule has 1 heterocycles. The zero-order valence-electron chi connectivity index (χ0n) is 15.0. The average Bonchev–Trinajstić information content (AvgIpc) is 3.20. The molecule has 0 unspecified atom stereocenters. The number of anilines is 2. The molecule has 138 valence electrons. The summed E-state index contributed by atoms with van der Waals surface area (Å²) in [5.74, 6) is -0.319. The highest BCUT2D eigenvalue weighted by Gasteiger charge is 2.16. The number of methoxy groups -OCH3 is 1. The summed E-state index contributed by atoms with van der Waals surface area (Å²) in [6.45, 7) is 1.69. The summed E-state index contributed by atoms with van der Waals surface area (Å²) in [6, 6.07) is 13.5. The quantitative estimate of drug-likeness (QED) is 0.643. The third kappa shape index (κ3) is 4.45. The van der Waals surface area contributed by atoms with E-state index in [1.807, 2.05) is 11.0 Å². The van der Waals surface area contributed by atoms with Gasteiger partial charge in [0, 0.05) is 24.8 Å². The summed E-state index contributed by atoms with van der Waals surface area (Å²) < 4.78 is 19.5. The molecule has 0 aromatic heterocycles. The first-order chi connectivity index (χ1) is 13.1. The minimum atomic E-state index is -0.560. The Labute approximate surface area is 157 Å². The molecule has 1 fully saturated rings. The van der Waals surface area contributed by atoms with Crippen molar-refractivity contribution < 1.29 is 13.9 Å². The number of rotatable bonds is 5. The number of nitrogens with one attached hydrogen (secondary N) is 1. The predicted octanol–water partition coefficient (Wildman–Crippen LogP) is 3.98. The highest BCUT2D eigenvalue weighted by Crippen LogP contribution is 2.25. The maximum absolute atomic E-state index is 14.4. The Bertz CT molecular complexity index is 912. The van der Waals surface area contributed by atoms with Crippen LogP contribution in [0, 0.1) is 17.1 Å². The summed E-state index contributed by atoms with van der Waals surface area (Å²) in [5, 5.41) is 12.0. The summed E-state index contributed by atoms with van der Waals surface area (Å²) in [4.78, 5) is 14.4. The van der Waals surface area contributed by atoms with Crippen LogP contribution in [0.1, 0.15) is 18.4 Å². The van der Waals surface area contributed by atoms with E-state index in [2.05, 4.69) is 5.32 Å². The number of carbonyl (C=O) groups is 1. The molecule has 1 saturated heterocycles. The van der Waals surface area contributed by atoms with Crippen molar-refractivity contribution in [3.8, 4) is 11.8 Å². The maximum Gasteiger partial charge on any atom is 0.266 e. The first kappa shape index (κ1) is 18.5. The standard InChI is InChI=1S/C21H20FN3O2/c1-27-18-6-4-5-17(13-18)24-21(26)16(14-23)11-15-7-8-20(19(22)12-15)25-9-2-3-10-25/h4-8,11-13H,2-3,9-10H2,1H3,(H,24,26)/b16-11-. The van der Waals surface area contributed by atoms with E-state index in [4.69, 9.17) is 4.74 Å². The zero-order chi connectivity index (χ0) is 19.2. The van der Waals surface area contributed by atoms with Crippen LogP contribution >= 0.6 is 0 Å². The molecule has 0 spiro atoms. The number of halogens is 1. The molecule has 6 heteroatoms. The third-order valence-electron chi connectivity index (χ3n) is 4.42. The van der Waals surface area contributed by atoms with E-state index in [0.717, 1.165) is 25.9 Å². The topological polar surface area (TPSA) is 65.4 Å². The van der Waals surface area contributed by atoms with Crippen molar-refractivity contribution in [1.82, 2.24) is 0 Å². The number of nitriles is 1. The average molecular weight is 365 g/mol. The predicted molar refractivity (Wildman–Crippen MR) is 103 cm³/mol. The minimum absolute atomic E-state index is 0.105. The van der Waals surface area contributed by atoms with Crippen LogP contribution in [0.5, 0.6) is 5.75 Å². The number of carbonyl (C=O) groups excluding carboxylic acids is 1. The molecule has 3 rings (SSSR count). The van der Waals surface area contributed by atoms with Gasteiger partial charge in [-0.25, -0.2) is 4.39 Å². The fraction of sp³-hybridized carbons (Fsp3) is 0.238. The normalized spacial score (nSPS) is 14.0. The van der Waals surface area contributed by atoms with Crippen molar-refractivity contribution in [2.75, 3.05) is 30.4 Å². The lowest BCUT2D eigenvalue weighted by Gasteiger charge is -2.18. The molecule has 1 N–H and O–H groups in total. The minimum Gasteiger partial charge on any atom is -0.497 e. The first-order valence-corrected chi connectivity index (χ1v) is 8.72. The number of amides is 1. The smallest absolute Gasteiger partial charge is 0.266 e. The molecular formula is C21H20FN3O2. The van der Waals surface area contributed by atoms with Gasteiger partial charge in [0.2, 0.25) is 0 Å². The van der Waals surface area contributed by atoms with Crippen molar-refractivity contribution in [3.05, 3.63) is 59.4 Å². The van der Waals surface area contributed by atoms with Gasteiger partial charge in [-0.3, -0.25) is 4.79 Å². The van der Waals surface area contributed by atoms with Gasteiger partial charge in [-0.15, -0.1) is 0 Å². The summed E-state index contributed by atoms with van der Waals surface area (Å²) in [5.41, 5.74) is 1.43. The van der Waals surface area contributed by atoms with Crippen LogP contribution in [0.4, 0.5) is 15.8 Å². The van der Waals surface area contributed by atoms with E-state index in [1.54, 1.807) is 36.4 Å². The van der Waals surface area contributed by atoms with E-state index in [0.29, 0.717) is 22.7 Å². The van der Waals surface area contributed by atoms with E-state index >= 15 is 0 Å². The molecular weight excluding hydrogens is 345 g/mol. The first-order valence-electron chi connectivity index (χ1n) is 8.72. The van der Waals surface area contributed by atoms with Crippen molar-refractivity contribution >= 4 is 23.4 Å². The second-order valence-corrected chi connectivity index (χ2v) is 6.26. The fourth-order valence-corrected chi connectivity index (χ4v) is 3.04. The monoisotopic (exact) mass is 365 g/mol. The van der Waals surface area contributed by atoms with Gasteiger partial charge in [-0.05, 0) is 48.7 Å². The van der Waals surface area contributed by atoms with Gasteiger partial charge in [0.25, 0.3) is 5.91 Å². The molecule has 1 aliphatic heterocycles. The lowest BCUT2D eigenvalue weighted by atomic mass is 10.1.